The Morgan fingerprint density at radius 2 is 1.96 bits per heavy atom. The monoisotopic (exact) mass is 354 g/mol. The fraction of sp³-hybridized carbons (Fsp3) is 0.312. The number of sulfonamides is 1. The van der Waals surface area contributed by atoms with Gasteiger partial charge in [-0.1, -0.05) is 12.1 Å². The summed E-state index contributed by atoms with van der Waals surface area (Å²) >= 11 is 5.66. The van der Waals surface area contributed by atoms with Crippen molar-refractivity contribution in [1.29, 1.82) is 0 Å². The van der Waals surface area contributed by atoms with E-state index in [4.69, 9.17) is 16.3 Å². The number of aromatic nitrogens is 1. The van der Waals surface area contributed by atoms with Gasteiger partial charge in [0, 0.05) is 12.1 Å². The van der Waals surface area contributed by atoms with E-state index in [1.54, 1.807) is 42.6 Å². The Kier molecular flexibility index (Phi) is 6.24. The number of nitrogens with zero attached hydrogens (tertiary/aromatic N) is 1. The van der Waals surface area contributed by atoms with Crippen LogP contribution in [0.5, 0.6) is 5.88 Å². The van der Waals surface area contributed by atoms with Crippen molar-refractivity contribution >= 4 is 27.3 Å². The number of ether oxygens (including phenoxy) is 1. The van der Waals surface area contributed by atoms with Gasteiger partial charge in [0.05, 0.1) is 11.5 Å². The summed E-state index contributed by atoms with van der Waals surface area (Å²) in [5.41, 5.74) is 1.38. The molecular formula is C16H19ClN2O3S. The molecular weight excluding hydrogens is 336 g/mol. The quantitative estimate of drug-likeness (QED) is 0.737. The van der Waals surface area contributed by atoms with Gasteiger partial charge in [-0.2, -0.15) is 0 Å². The van der Waals surface area contributed by atoms with Gasteiger partial charge >= 0.3 is 0 Å². The van der Waals surface area contributed by atoms with Crippen LogP contribution in [0, 0.1) is 0 Å². The molecule has 0 aliphatic carbocycles. The molecule has 7 heteroatoms. The largest absolute Gasteiger partial charge is 0.476 e. The first-order chi connectivity index (χ1) is 11.1. The highest BCUT2D eigenvalue weighted by molar-refractivity contribution is 7.92. The summed E-state index contributed by atoms with van der Waals surface area (Å²) in [6.45, 7) is 2.22. The molecule has 0 atom stereocenters. The minimum atomic E-state index is -3.69. The highest BCUT2D eigenvalue weighted by Gasteiger charge is 2.17. The minimum Gasteiger partial charge on any atom is -0.476 e. The predicted molar refractivity (Wildman–Crippen MR) is 91.7 cm³/mol. The average Bonchev–Trinajstić information content (AvgIpc) is 2.55. The van der Waals surface area contributed by atoms with Gasteiger partial charge in [0.15, 0.2) is 0 Å². The number of benzene rings is 1. The number of aryl methyl sites for hydroxylation is 1. The fourth-order valence-electron chi connectivity index (χ4n) is 2.03. The lowest BCUT2D eigenvalue weighted by Gasteiger charge is -2.12. The highest BCUT2D eigenvalue weighted by atomic mass is 35.5. The average molecular weight is 355 g/mol. The molecule has 5 nitrogen and oxygen atoms in total. The summed E-state index contributed by atoms with van der Waals surface area (Å²) < 4.78 is 32.8. The highest BCUT2D eigenvalue weighted by Crippen LogP contribution is 2.24. The summed E-state index contributed by atoms with van der Waals surface area (Å²) in [5.74, 6) is 0.848. The third kappa shape index (κ3) is 4.84. The van der Waals surface area contributed by atoms with Gasteiger partial charge in [-0.15, -0.1) is 11.6 Å². The Morgan fingerprint density at radius 3 is 2.61 bits per heavy atom. The van der Waals surface area contributed by atoms with E-state index < -0.39 is 10.0 Å². The molecule has 0 unspecified atom stereocenters. The lowest BCUT2D eigenvalue weighted by molar-refractivity contribution is 0.329. The van der Waals surface area contributed by atoms with E-state index in [1.165, 1.54) is 0 Å². The molecule has 1 N–H and O–H groups in total. The summed E-state index contributed by atoms with van der Waals surface area (Å²) in [7, 11) is -3.69. The first-order valence-electron chi connectivity index (χ1n) is 7.32. The fourth-order valence-corrected chi connectivity index (χ4v) is 3.22. The minimum absolute atomic E-state index is 0.193. The lowest BCUT2D eigenvalue weighted by Crippen LogP contribution is -2.14. The van der Waals surface area contributed by atoms with Crippen LogP contribution in [0.25, 0.3) is 0 Å². The van der Waals surface area contributed by atoms with Crippen molar-refractivity contribution in [2.24, 2.45) is 0 Å². The molecule has 23 heavy (non-hydrogen) atoms. The van der Waals surface area contributed by atoms with Crippen LogP contribution < -0.4 is 9.46 Å². The van der Waals surface area contributed by atoms with Crippen LogP contribution >= 0.6 is 11.6 Å². The van der Waals surface area contributed by atoms with Crippen LogP contribution in [-0.2, 0) is 16.4 Å². The molecule has 0 saturated carbocycles. The molecule has 2 aromatic rings. The number of anilines is 1. The van der Waals surface area contributed by atoms with Crippen LogP contribution in [0.1, 0.15) is 18.9 Å². The molecule has 1 heterocycles. The Labute approximate surface area is 141 Å². The Balaban J connectivity index is 2.19. The Morgan fingerprint density at radius 1 is 1.22 bits per heavy atom. The third-order valence-electron chi connectivity index (χ3n) is 3.13. The topological polar surface area (TPSA) is 68.3 Å². The van der Waals surface area contributed by atoms with Crippen molar-refractivity contribution in [3.63, 3.8) is 0 Å². The Bertz CT molecular complexity index is 733. The maximum atomic E-state index is 12.5. The van der Waals surface area contributed by atoms with Crippen molar-refractivity contribution in [2.75, 3.05) is 17.2 Å². The number of hydrogen-bond acceptors (Lipinski definition) is 4. The molecule has 0 amide bonds. The van der Waals surface area contributed by atoms with Gasteiger partial charge in [0.1, 0.15) is 5.69 Å². The Hall–Kier alpha value is -1.79. The van der Waals surface area contributed by atoms with Gasteiger partial charge in [0.2, 0.25) is 5.88 Å². The van der Waals surface area contributed by atoms with E-state index in [0.717, 1.165) is 18.4 Å². The first-order valence-corrected chi connectivity index (χ1v) is 9.34. The second-order valence-electron chi connectivity index (χ2n) is 4.83. The third-order valence-corrected chi connectivity index (χ3v) is 4.78. The van der Waals surface area contributed by atoms with E-state index in [2.05, 4.69) is 9.71 Å². The molecule has 0 bridgehead atoms. The van der Waals surface area contributed by atoms with E-state index in [1.807, 2.05) is 6.92 Å². The van der Waals surface area contributed by atoms with Gasteiger partial charge in [-0.05, 0) is 49.6 Å². The zero-order valence-electron chi connectivity index (χ0n) is 12.8. The zero-order chi connectivity index (χ0) is 16.7. The summed E-state index contributed by atoms with van der Waals surface area (Å²) in [6, 6.07) is 10.0. The van der Waals surface area contributed by atoms with E-state index in [-0.39, 0.29) is 10.8 Å². The first kappa shape index (κ1) is 17.6. The number of hydrogen-bond donors (Lipinski definition) is 1. The van der Waals surface area contributed by atoms with E-state index in [0.29, 0.717) is 18.2 Å². The molecule has 2 rings (SSSR count). The zero-order valence-corrected chi connectivity index (χ0v) is 14.4. The predicted octanol–water partition coefficient (Wildman–Crippen LogP) is 3.45. The molecule has 0 radical (unpaired) electrons. The molecule has 1 aromatic carbocycles. The number of rotatable bonds is 8. The number of pyridine rings is 1. The van der Waals surface area contributed by atoms with Gasteiger partial charge in [-0.25, -0.2) is 13.4 Å². The van der Waals surface area contributed by atoms with E-state index in [9.17, 15) is 8.42 Å². The lowest BCUT2D eigenvalue weighted by atomic mass is 10.1. The number of nitrogens with one attached hydrogen (secondary N) is 1. The molecule has 0 aliphatic rings. The summed E-state index contributed by atoms with van der Waals surface area (Å²) in [4.78, 5) is 4.23. The van der Waals surface area contributed by atoms with Crippen LogP contribution in [0.3, 0.4) is 0 Å². The van der Waals surface area contributed by atoms with Crippen LogP contribution in [0.15, 0.2) is 47.5 Å². The van der Waals surface area contributed by atoms with Crippen LogP contribution in [0.2, 0.25) is 0 Å². The second kappa shape index (κ2) is 8.17. The van der Waals surface area contributed by atoms with Crippen molar-refractivity contribution in [1.82, 2.24) is 4.98 Å². The number of halogens is 1. The summed E-state index contributed by atoms with van der Waals surface area (Å²) in [6.07, 6.45) is 3.24. The molecule has 0 saturated heterocycles. The van der Waals surface area contributed by atoms with Crippen molar-refractivity contribution in [3.8, 4) is 5.88 Å². The standard InChI is InChI=1S/C16H19ClN2O3S/c1-2-22-16-15(6-4-12-18-16)19-23(20,21)14-9-7-13(8-10-14)5-3-11-17/h4,6-10,12,19H,2-3,5,11H2,1H3. The van der Waals surface area contributed by atoms with Crippen molar-refractivity contribution in [3.05, 3.63) is 48.2 Å². The maximum absolute atomic E-state index is 12.5. The smallest absolute Gasteiger partial charge is 0.262 e. The molecule has 124 valence electrons. The molecule has 0 spiro atoms. The summed E-state index contributed by atoms with van der Waals surface area (Å²) in [5, 5.41) is 0. The van der Waals surface area contributed by atoms with Crippen LogP contribution in [0.4, 0.5) is 5.69 Å². The van der Waals surface area contributed by atoms with Crippen LogP contribution in [-0.4, -0.2) is 25.9 Å². The number of alkyl halides is 1. The van der Waals surface area contributed by atoms with Crippen molar-refractivity contribution < 1.29 is 13.2 Å². The maximum Gasteiger partial charge on any atom is 0.262 e. The normalized spacial score (nSPS) is 11.2. The SMILES string of the molecule is CCOc1ncccc1NS(=O)(=O)c1ccc(CCCCl)cc1. The van der Waals surface area contributed by atoms with Crippen molar-refractivity contribution in [2.45, 2.75) is 24.7 Å². The molecule has 1 aromatic heterocycles. The molecule has 0 aliphatic heterocycles. The van der Waals surface area contributed by atoms with Gasteiger partial charge < -0.3 is 4.74 Å². The molecule has 0 fully saturated rings. The second-order valence-corrected chi connectivity index (χ2v) is 6.89. The van der Waals surface area contributed by atoms with E-state index >= 15 is 0 Å². The van der Waals surface area contributed by atoms with Gasteiger partial charge in [0.25, 0.3) is 10.0 Å². The van der Waals surface area contributed by atoms with Gasteiger partial charge in [-0.3, -0.25) is 4.72 Å².